The molecule has 0 aliphatic heterocycles. The van der Waals surface area contributed by atoms with Crippen molar-refractivity contribution in [3.63, 3.8) is 0 Å². The molecule has 1 saturated carbocycles. The maximum atomic E-state index is 11.2. The Labute approximate surface area is 99.7 Å². The molecule has 7 heteroatoms. The van der Waals surface area contributed by atoms with Crippen LogP contribution in [-0.4, -0.2) is 25.7 Å². The summed E-state index contributed by atoms with van der Waals surface area (Å²) in [4.78, 5) is 0.0223. The van der Waals surface area contributed by atoms with Gasteiger partial charge in [0.2, 0.25) is 10.0 Å². The first-order chi connectivity index (χ1) is 7.86. The van der Waals surface area contributed by atoms with Crippen molar-refractivity contribution in [3.05, 3.63) is 18.2 Å². The lowest BCUT2D eigenvalue weighted by atomic mass is 9.89. The van der Waals surface area contributed by atoms with E-state index >= 15 is 0 Å². The Bertz CT molecular complexity index is 524. The summed E-state index contributed by atoms with van der Waals surface area (Å²) in [6.07, 6.45) is 0.994. The molecule has 6 N–H and O–H groups in total. The normalized spacial score (nSPS) is 24.1. The SMILES string of the molecule is Nc1ccc(S(N)(=O)=O)cc1NC1CC(O)C1. The molecule has 1 fully saturated rings. The third-order valence-electron chi connectivity index (χ3n) is 2.83. The molecule has 1 aromatic carbocycles. The lowest BCUT2D eigenvalue weighted by Crippen LogP contribution is -2.39. The minimum atomic E-state index is -3.72. The highest BCUT2D eigenvalue weighted by molar-refractivity contribution is 7.89. The fraction of sp³-hybridized carbons (Fsp3) is 0.400. The van der Waals surface area contributed by atoms with Gasteiger partial charge in [-0.3, -0.25) is 0 Å². The van der Waals surface area contributed by atoms with E-state index in [2.05, 4.69) is 5.32 Å². The van der Waals surface area contributed by atoms with Crippen molar-refractivity contribution in [1.29, 1.82) is 0 Å². The van der Waals surface area contributed by atoms with Crippen molar-refractivity contribution in [2.24, 2.45) is 5.14 Å². The van der Waals surface area contributed by atoms with E-state index in [4.69, 9.17) is 16.0 Å². The van der Waals surface area contributed by atoms with Gasteiger partial charge in [0.1, 0.15) is 0 Å². The van der Waals surface area contributed by atoms with Gasteiger partial charge in [-0.25, -0.2) is 13.6 Å². The smallest absolute Gasteiger partial charge is 0.238 e. The monoisotopic (exact) mass is 257 g/mol. The lowest BCUT2D eigenvalue weighted by Gasteiger charge is -2.33. The molecule has 0 atom stereocenters. The number of anilines is 2. The minimum absolute atomic E-state index is 0.0223. The molecule has 94 valence electrons. The molecule has 6 nitrogen and oxygen atoms in total. The number of primary sulfonamides is 1. The second kappa shape index (κ2) is 4.17. The van der Waals surface area contributed by atoms with Gasteiger partial charge in [0.05, 0.1) is 22.4 Å². The lowest BCUT2D eigenvalue weighted by molar-refractivity contribution is 0.0837. The van der Waals surface area contributed by atoms with Crippen LogP contribution in [0.3, 0.4) is 0 Å². The molecule has 0 amide bonds. The van der Waals surface area contributed by atoms with Crippen LogP contribution in [0.4, 0.5) is 11.4 Å². The predicted octanol–water partition coefficient (Wildman–Crippen LogP) is -0.149. The first kappa shape index (κ1) is 12.2. The van der Waals surface area contributed by atoms with Crippen LogP contribution in [0.15, 0.2) is 23.1 Å². The number of rotatable bonds is 3. The van der Waals surface area contributed by atoms with E-state index in [9.17, 15) is 8.42 Å². The summed E-state index contributed by atoms with van der Waals surface area (Å²) in [5.74, 6) is 0. The fourth-order valence-corrected chi connectivity index (χ4v) is 2.30. The number of nitrogen functional groups attached to an aromatic ring is 1. The zero-order valence-corrected chi connectivity index (χ0v) is 9.94. The number of hydrogen-bond donors (Lipinski definition) is 4. The average molecular weight is 257 g/mol. The quantitative estimate of drug-likeness (QED) is 0.562. The van der Waals surface area contributed by atoms with Gasteiger partial charge >= 0.3 is 0 Å². The Morgan fingerprint density at radius 1 is 1.35 bits per heavy atom. The number of hydrogen-bond acceptors (Lipinski definition) is 5. The van der Waals surface area contributed by atoms with Crippen LogP contribution in [0, 0.1) is 0 Å². The molecule has 0 spiro atoms. The van der Waals surface area contributed by atoms with Crippen molar-refractivity contribution in [3.8, 4) is 0 Å². The highest BCUT2D eigenvalue weighted by Crippen LogP contribution is 2.28. The number of aliphatic hydroxyl groups excluding tert-OH is 1. The van der Waals surface area contributed by atoms with Crippen LogP contribution in [0.25, 0.3) is 0 Å². The van der Waals surface area contributed by atoms with Gasteiger partial charge in [-0.2, -0.15) is 0 Å². The van der Waals surface area contributed by atoms with E-state index in [1.54, 1.807) is 0 Å². The highest BCUT2D eigenvalue weighted by Gasteiger charge is 2.27. The van der Waals surface area contributed by atoms with Crippen molar-refractivity contribution >= 4 is 21.4 Å². The molecule has 2 rings (SSSR count). The van der Waals surface area contributed by atoms with E-state index in [1.165, 1.54) is 18.2 Å². The Morgan fingerprint density at radius 2 is 2.00 bits per heavy atom. The third kappa shape index (κ3) is 2.68. The standard InChI is InChI=1S/C10H15N3O3S/c11-9-2-1-8(17(12,15)16)5-10(9)13-6-3-7(14)4-6/h1-2,5-7,13-14H,3-4,11H2,(H2,12,15,16). The maximum absolute atomic E-state index is 11.2. The second-order valence-corrected chi connectivity index (χ2v) is 5.82. The zero-order chi connectivity index (χ0) is 12.6. The van der Waals surface area contributed by atoms with Gasteiger partial charge in [-0.1, -0.05) is 0 Å². The van der Waals surface area contributed by atoms with Crippen molar-refractivity contribution in [1.82, 2.24) is 0 Å². The predicted molar refractivity (Wildman–Crippen MR) is 64.9 cm³/mol. The molecular formula is C10H15N3O3S. The molecule has 1 aliphatic rings. The van der Waals surface area contributed by atoms with Gasteiger partial charge in [0.25, 0.3) is 0 Å². The molecule has 0 aromatic heterocycles. The summed E-state index contributed by atoms with van der Waals surface area (Å²) in [6.45, 7) is 0. The Balaban J connectivity index is 2.21. The Kier molecular flexibility index (Phi) is 2.98. The zero-order valence-electron chi connectivity index (χ0n) is 9.13. The van der Waals surface area contributed by atoms with Gasteiger partial charge in [-0.15, -0.1) is 0 Å². The van der Waals surface area contributed by atoms with E-state index in [1.807, 2.05) is 0 Å². The van der Waals surface area contributed by atoms with Crippen LogP contribution >= 0.6 is 0 Å². The van der Waals surface area contributed by atoms with Gasteiger partial charge < -0.3 is 16.2 Å². The van der Waals surface area contributed by atoms with E-state index in [-0.39, 0.29) is 17.0 Å². The number of nitrogens with two attached hydrogens (primary N) is 2. The molecule has 0 heterocycles. The molecule has 1 aliphatic carbocycles. The van der Waals surface area contributed by atoms with Crippen LogP contribution in [0.1, 0.15) is 12.8 Å². The van der Waals surface area contributed by atoms with E-state index in [0.29, 0.717) is 24.2 Å². The Morgan fingerprint density at radius 3 is 2.53 bits per heavy atom. The number of benzene rings is 1. The third-order valence-corrected chi connectivity index (χ3v) is 3.74. The summed E-state index contributed by atoms with van der Waals surface area (Å²) in [7, 11) is -3.72. The highest BCUT2D eigenvalue weighted by atomic mass is 32.2. The molecule has 0 bridgehead atoms. The van der Waals surface area contributed by atoms with Crippen LogP contribution in [-0.2, 0) is 10.0 Å². The molecule has 0 radical (unpaired) electrons. The van der Waals surface area contributed by atoms with Gasteiger partial charge in [-0.05, 0) is 31.0 Å². The topological polar surface area (TPSA) is 118 Å². The molecular weight excluding hydrogens is 242 g/mol. The van der Waals surface area contributed by atoms with Crippen molar-refractivity contribution in [2.45, 2.75) is 29.9 Å². The van der Waals surface area contributed by atoms with Gasteiger partial charge in [0, 0.05) is 6.04 Å². The summed E-state index contributed by atoms with van der Waals surface area (Å²) < 4.78 is 22.4. The number of nitrogens with one attached hydrogen (secondary N) is 1. The van der Waals surface area contributed by atoms with Crippen molar-refractivity contribution < 1.29 is 13.5 Å². The second-order valence-electron chi connectivity index (χ2n) is 4.26. The largest absolute Gasteiger partial charge is 0.397 e. The number of aliphatic hydroxyl groups is 1. The minimum Gasteiger partial charge on any atom is -0.397 e. The molecule has 0 saturated heterocycles. The summed E-state index contributed by atoms with van der Waals surface area (Å²) in [5.41, 5.74) is 6.73. The summed E-state index contributed by atoms with van der Waals surface area (Å²) in [5, 5.41) is 17.3. The maximum Gasteiger partial charge on any atom is 0.238 e. The summed E-state index contributed by atoms with van der Waals surface area (Å²) >= 11 is 0. The number of sulfonamides is 1. The van der Waals surface area contributed by atoms with Crippen molar-refractivity contribution in [2.75, 3.05) is 11.1 Å². The first-order valence-corrected chi connectivity index (χ1v) is 6.78. The van der Waals surface area contributed by atoms with Gasteiger partial charge in [0.15, 0.2) is 0 Å². The molecule has 17 heavy (non-hydrogen) atoms. The van der Waals surface area contributed by atoms with E-state index < -0.39 is 10.0 Å². The molecule has 1 aromatic rings. The Hall–Kier alpha value is -1.31. The van der Waals surface area contributed by atoms with E-state index in [0.717, 1.165) is 0 Å². The van der Waals surface area contributed by atoms with Crippen LogP contribution < -0.4 is 16.2 Å². The fourth-order valence-electron chi connectivity index (χ4n) is 1.76. The summed E-state index contributed by atoms with van der Waals surface area (Å²) in [6, 6.07) is 4.40. The first-order valence-electron chi connectivity index (χ1n) is 5.23. The average Bonchev–Trinajstić information content (AvgIpc) is 2.17. The molecule has 0 unspecified atom stereocenters. The van der Waals surface area contributed by atoms with Crippen LogP contribution in [0.2, 0.25) is 0 Å². The van der Waals surface area contributed by atoms with Crippen LogP contribution in [0.5, 0.6) is 0 Å².